The van der Waals surface area contributed by atoms with E-state index in [-0.39, 0.29) is 17.4 Å². The molecule has 0 fully saturated rings. The Morgan fingerprint density at radius 1 is 0.686 bits per heavy atom. The van der Waals surface area contributed by atoms with Crippen molar-refractivity contribution in [1.29, 1.82) is 5.41 Å². The van der Waals surface area contributed by atoms with E-state index in [2.05, 4.69) is 16.0 Å². The average molecular weight is 479 g/mol. The van der Waals surface area contributed by atoms with Gasteiger partial charge in [0.2, 0.25) is 5.75 Å². The molecular weight excluding hydrogens is 452 g/mol. The first kappa shape index (κ1) is 24.9. The van der Waals surface area contributed by atoms with Crippen molar-refractivity contribution < 1.29 is 28.5 Å². The van der Waals surface area contributed by atoms with Crippen molar-refractivity contribution in [1.82, 2.24) is 5.32 Å². The molecule has 3 aromatic carbocycles. The monoisotopic (exact) mass is 478 g/mol. The lowest BCUT2D eigenvalue weighted by Gasteiger charge is -2.15. The van der Waals surface area contributed by atoms with Crippen LogP contribution < -0.4 is 34.9 Å². The van der Waals surface area contributed by atoms with Crippen molar-refractivity contribution in [3.8, 4) is 23.0 Å². The Morgan fingerprint density at radius 2 is 1.29 bits per heavy atom. The second kappa shape index (κ2) is 11.4. The van der Waals surface area contributed by atoms with E-state index in [1.165, 1.54) is 33.5 Å². The highest BCUT2D eigenvalue weighted by Crippen LogP contribution is 2.38. The summed E-state index contributed by atoms with van der Waals surface area (Å²) in [7, 11) is 5.91. The molecule has 0 aromatic heterocycles. The molecule has 0 aliphatic heterocycles. The maximum Gasteiger partial charge on any atom is 0.258 e. The molecule has 2 amide bonds. The van der Waals surface area contributed by atoms with Crippen LogP contribution in [0.2, 0.25) is 0 Å². The summed E-state index contributed by atoms with van der Waals surface area (Å²) >= 11 is 0. The van der Waals surface area contributed by atoms with Crippen LogP contribution in [0.15, 0.2) is 60.7 Å². The summed E-state index contributed by atoms with van der Waals surface area (Å²) < 4.78 is 20.9. The minimum atomic E-state index is -0.550. The number of nitrogens with one attached hydrogen (secondary N) is 4. The highest BCUT2D eigenvalue weighted by molar-refractivity contribution is 6.09. The quantitative estimate of drug-likeness (QED) is 0.286. The Bertz CT molecular complexity index is 1200. The van der Waals surface area contributed by atoms with E-state index < -0.39 is 5.91 Å². The molecule has 0 saturated heterocycles. The zero-order chi connectivity index (χ0) is 25.4. The van der Waals surface area contributed by atoms with Crippen LogP contribution in [0.25, 0.3) is 0 Å². The number of benzene rings is 3. The van der Waals surface area contributed by atoms with Gasteiger partial charge in [0.05, 0.1) is 28.4 Å². The van der Waals surface area contributed by atoms with Gasteiger partial charge in [-0.05, 0) is 54.6 Å². The van der Waals surface area contributed by atoms with Gasteiger partial charge in [-0.25, -0.2) is 0 Å². The number of carbonyl (C=O) groups excluding carboxylic acids is 2. The summed E-state index contributed by atoms with van der Waals surface area (Å²) in [5, 5.41) is 16.2. The Balaban J connectivity index is 1.66. The van der Waals surface area contributed by atoms with Crippen LogP contribution in [0.1, 0.15) is 20.7 Å². The molecule has 182 valence electrons. The standard InChI is InChI=1S/C25H26N4O6/c1-32-19-10-8-15(9-11-19)23(30)27-17-6-5-7-18(14-17)28-25(26)29-24(31)16-12-20(33-2)22(35-4)21(13-16)34-3/h5-14H,1-4H3,(H,27,30)(H3,26,28,29,31). The van der Waals surface area contributed by atoms with Crippen LogP contribution in [0.5, 0.6) is 23.0 Å². The predicted octanol–water partition coefficient (Wildman–Crippen LogP) is 3.75. The van der Waals surface area contributed by atoms with E-state index in [9.17, 15) is 9.59 Å². The molecule has 0 heterocycles. The number of anilines is 2. The van der Waals surface area contributed by atoms with Crippen LogP contribution in [0.4, 0.5) is 11.4 Å². The molecule has 0 aliphatic carbocycles. The predicted molar refractivity (Wildman–Crippen MR) is 132 cm³/mol. The summed E-state index contributed by atoms with van der Waals surface area (Å²) in [5.74, 6) is 0.533. The zero-order valence-corrected chi connectivity index (χ0v) is 19.7. The maximum absolute atomic E-state index is 12.7. The van der Waals surface area contributed by atoms with E-state index in [4.69, 9.17) is 24.4 Å². The molecule has 0 radical (unpaired) electrons. The molecule has 35 heavy (non-hydrogen) atoms. The van der Waals surface area contributed by atoms with Crippen molar-refractivity contribution >= 4 is 29.1 Å². The molecule has 0 saturated carbocycles. The normalized spacial score (nSPS) is 10.1. The molecule has 0 unspecified atom stereocenters. The molecule has 0 aliphatic rings. The number of ether oxygens (including phenoxy) is 4. The van der Waals surface area contributed by atoms with E-state index in [0.717, 1.165) is 0 Å². The molecule has 4 N–H and O–H groups in total. The van der Waals surface area contributed by atoms with Gasteiger partial charge in [0.15, 0.2) is 17.5 Å². The summed E-state index contributed by atoms with van der Waals surface area (Å²) in [6.07, 6.45) is 0. The number of hydrogen-bond acceptors (Lipinski definition) is 7. The highest BCUT2D eigenvalue weighted by Gasteiger charge is 2.18. The van der Waals surface area contributed by atoms with Gasteiger partial charge in [-0.1, -0.05) is 6.07 Å². The third kappa shape index (κ3) is 6.20. The summed E-state index contributed by atoms with van der Waals surface area (Å²) in [6, 6.07) is 16.4. The first-order chi connectivity index (χ1) is 16.9. The molecule has 0 bridgehead atoms. The number of guanidine groups is 1. The Morgan fingerprint density at radius 3 is 1.83 bits per heavy atom. The third-order valence-corrected chi connectivity index (χ3v) is 4.91. The Labute approximate surface area is 202 Å². The van der Waals surface area contributed by atoms with Gasteiger partial charge in [0.25, 0.3) is 11.8 Å². The van der Waals surface area contributed by atoms with E-state index in [1.54, 1.807) is 55.6 Å². The number of rotatable bonds is 8. The largest absolute Gasteiger partial charge is 0.497 e. The van der Waals surface area contributed by atoms with E-state index in [1.807, 2.05) is 0 Å². The lowest BCUT2D eigenvalue weighted by molar-refractivity contribution is 0.0974. The van der Waals surface area contributed by atoms with Crippen molar-refractivity contribution in [2.45, 2.75) is 0 Å². The maximum atomic E-state index is 12.7. The second-order valence-corrected chi connectivity index (χ2v) is 7.13. The molecule has 3 aromatic rings. The molecule has 3 rings (SSSR count). The Kier molecular flexibility index (Phi) is 8.12. The lowest BCUT2D eigenvalue weighted by Crippen LogP contribution is -2.35. The lowest BCUT2D eigenvalue weighted by atomic mass is 10.1. The SMILES string of the molecule is COc1ccc(C(=O)Nc2cccc(NC(=N)NC(=O)c3cc(OC)c(OC)c(OC)c3)c2)cc1. The minimum Gasteiger partial charge on any atom is -0.497 e. The first-order valence-electron chi connectivity index (χ1n) is 10.4. The van der Waals surface area contributed by atoms with Crippen LogP contribution in [0, 0.1) is 5.41 Å². The fourth-order valence-corrected chi connectivity index (χ4v) is 3.19. The van der Waals surface area contributed by atoms with E-state index >= 15 is 0 Å². The van der Waals surface area contributed by atoms with Gasteiger partial charge in [-0.2, -0.15) is 0 Å². The fourth-order valence-electron chi connectivity index (χ4n) is 3.19. The number of methoxy groups -OCH3 is 4. The summed E-state index contributed by atoms with van der Waals surface area (Å²) in [6.45, 7) is 0. The molecule has 10 heteroatoms. The van der Waals surface area contributed by atoms with Gasteiger partial charge in [-0.3, -0.25) is 20.3 Å². The third-order valence-electron chi connectivity index (χ3n) is 4.91. The molecule has 10 nitrogen and oxygen atoms in total. The smallest absolute Gasteiger partial charge is 0.258 e. The highest BCUT2D eigenvalue weighted by atomic mass is 16.5. The zero-order valence-electron chi connectivity index (χ0n) is 19.7. The van der Waals surface area contributed by atoms with Crippen molar-refractivity contribution in [3.05, 3.63) is 71.8 Å². The van der Waals surface area contributed by atoms with Gasteiger partial charge >= 0.3 is 0 Å². The number of amides is 2. The summed E-state index contributed by atoms with van der Waals surface area (Å²) in [5.41, 5.74) is 1.69. The first-order valence-corrected chi connectivity index (χ1v) is 10.4. The topological polar surface area (TPSA) is 131 Å². The van der Waals surface area contributed by atoms with Crippen LogP contribution in [-0.2, 0) is 0 Å². The molecule has 0 spiro atoms. The van der Waals surface area contributed by atoms with Crippen LogP contribution in [-0.4, -0.2) is 46.2 Å². The van der Waals surface area contributed by atoms with Crippen LogP contribution >= 0.6 is 0 Å². The van der Waals surface area contributed by atoms with Crippen molar-refractivity contribution in [2.24, 2.45) is 0 Å². The second-order valence-electron chi connectivity index (χ2n) is 7.13. The fraction of sp³-hybridized carbons (Fsp3) is 0.160. The van der Waals surface area contributed by atoms with Gasteiger partial charge in [-0.15, -0.1) is 0 Å². The van der Waals surface area contributed by atoms with Crippen molar-refractivity contribution in [2.75, 3.05) is 39.1 Å². The van der Waals surface area contributed by atoms with E-state index in [0.29, 0.717) is 39.9 Å². The number of hydrogen-bond donors (Lipinski definition) is 4. The molecular formula is C25H26N4O6. The van der Waals surface area contributed by atoms with Gasteiger partial charge < -0.3 is 29.6 Å². The van der Waals surface area contributed by atoms with Crippen molar-refractivity contribution in [3.63, 3.8) is 0 Å². The minimum absolute atomic E-state index is 0.214. The van der Waals surface area contributed by atoms with Gasteiger partial charge in [0, 0.05) is 22.5 Å². The average Bonchev–Trinajstić information content (AvgIpc) is 2.87. The molecule has 0 atom stereocenters. The van der Waals surface area contributed by atoms with Gasteiger partial charge in [0.1, 0.15) is 5.75 Å². The van der Waals surface area contributed by atoms with Crippen LogP contribution in [0.3, 0.4) is 0 Å². The summed E-state index contributed by atoms with van der Waals surface area (Å²) in [4.78, 5) is 25.2. The Hall–Kier alpha value is -4.73. The number of carbonyl (C=O) groups is 2.